The molecule has 6 nitrogen and oxygen atoms in total. The van der Waals surface area contributed by atoms with Gasteiger partial charge in [0.25, 0.3) is 5.91 Å². The molecule has 1 aromatic carbocycles. The third kappa shape index (κ3) is 4.06. The average Bonchev–Trinajstić information content (AvgIpc) is 3.12. The molecule has 0 saturated heterocycles. The molecule has 2 saturated carbocycles. The van der Waals surface area contributed by atoms with Gasteiger partial charge in [-0.1, -0.05) is 38.2 Å². The normalized spacial score (nSPS) is 19.7. The second-order valence-corrected chi connectivity index (χ2v) is 7.45. The highest BCUT2D eigenvalue weighted by Gasteiger charge is 2.42. The number of rotatable bonds is 5. The first-order chi connectivity index (χ1) is 12.5. The molecule has 1 aromatic rings. The first-order valence-corrected chi connectivity index (χ1v) is 9.47. The Hall–Kier alpha value is -2.37. The molecule has 2 amide bonds. The summed E-state index contributed by atoms with van der Waals surface area (Å²) in [6.45, 7) is 0. The quantitative estimate of drug-likeness (QED) is 0.752. The monoisotopic (exact) mass is 358 g/mol. The molecule has 6 heteroatoms. The van der Waals surface area contributed by atoms with Crippen molar-refractivity contribution in [2.75, 3.05) is 5.32 Å². The third-order valence-corrected chi connectivity index (χ3v) is 5.59. The van der Waals surface area contributed by atoms with E-state index in [1.807, 2.05) is 0 Å². The van der Waals surface area contributed by atoms with Crippen LogP contribution in [-0.4, -0.2) is 28.4 Å². The zero-order chi connectivity index (χ0) is 18.6. The van der Waals surface area contributed by atoms with Gasteiger partial charge in [0.15, 0.2) is 0 Å². The summed E-state index contributed by atoms with van der Waals surface area (Å²) >= 11 is 0. The zero-order valence-corrected chi connectivity index (χ0v) is 14.9. The minimum Gasteiger partial charge on any atom is -0.480 e. The number of carbonyl (C=O) groups excluding carboxylic acids is 2. The van der Waals surface area contributed by atoms with Gasteiger partial charge in [-0.15, -0.1) is 0 Å². The molecule has 0 spiro atoms. The summed E-state index contributed by atoms with van der Waals surface area (Å²) in [5.41, 5.74) is -0.235. The van der Waals surface area contributed by atoms with Crippen LogP contribution in [0.2, 0.25) is 0 Å². The molecule has 0 atom stereocenters. The maximum absolute atomic E-state index is 12.6. The van der Waals surface area contributed by atoms with Crippen molar-refractivity contribution >= 4 is 23.5 Å². The molecule has 0 bridgehead atoms. The summed E-state index contributed by atoms with van der Waals surface area (Å²) in [7, 11) is 0. The van der Waals surface area contributed by atoms with Crippen LogP contribution in [0.1, 0.15) is 68.1 Å². The first-order valence-electron chi connectivity index (χ1n) is 9.47. The van der Waals surface area contributed by atoms with E-state index in [2.05, 4.69) is 10.6 Å². The molecule has 140 valence electrons. The summed E-state index contributed by atoms with van der Waals surface area (Å²) in [5, 5.41) is 15.1. The van der Waals surface area contributed by atoms with Crippen LogP contribution in [0.5, 0.6) is 0 Å². The average molecular weight is 358 g/mol. The molecule has 3 rings (SSSR count). The van der Waals surface area contributed by atoms with Crippen molar-refractivity contribution in [3.8, 4) is 0 Å². The van der Waals surface area contributed by atoms with E-state index in [1.54, 1.807) is 24.3 Å². The number of hydrogen-bond acceptors (Lipinski definition) is 3. The highest BCUT2D eigenvalue weighted by Crippen LogP contribution is 2.30. The summed E-state index contributed by atoms with van der Waals surface area (Å²) < 4.78 is 0. The smallest absolute Gasteiger partial charge is 0.329 e. The molecule has 26 heavy (non-hydrogen) atoms. The number of anilines is 1. The van der Waals surface area contributed by atoms with Crippen molar-refractivity contribution in [2.24, 2.45) is 5.92 Å². The third-order valence-electron chi connectivity index (χ3n) is 5.59. The van der Waals surface area contributed by atoms with Gasteiger partial charge in [0.1, 0.15) is 5.54 Å². The van der Waals surface area contributed by atoms with Crippen LogP contribution in [0.3, 0.4) is 0 Å². The van der Waals surface area contributed by atoms with Crippen molar-refractivity contribution in [3.63, 3.8) is 0 Å². The molecule has 2 aliphatic rings. The molecule has 2 fully saturated rings. The van der Waals surface area contributed by atoms with Gasteiger partial charge in [0, 0.05) is 17.2 Å². The Labute approximate surface area is 153 Å². The Kier molecular flexibility index (Phi) is 5.59. The molecule has 0 aliphatic heterocycles. The Bertz CT molecular complexity index is 689. The van der Waals surface area contributed by atoms with Gasteiger partial charge in [-0.25, -0.2) is 4.79 Å². The second-order valence-electron chi connectivity index (χ2n) is 7.45. The lowest BCUT2D eigenvalue weighted by atomic mass is 9.88. The van der Waals surface area contributed by atoms with E-state index in [0.717, 1.165) is 38.5 Å². The van der Waals surface area contributed by atoms with Gasteiger partial charge in [-0.05, 0) is 43.9 Å². The maximum Gasteiger partial charge on any atom is 0.329 e. The van der Waals surface area contributed by atoms with E-state index in [-0.39, 0.29) is 11.8 Å². The number of carboxylic acid groups (broad SMARTS) is 1. The maximum atomic E-state index is 12.6. The lowest BCUT2D eigenvalue weighted by Crippen LogP contribution is -2.52. The largest absolute Gasteiger partial charge is 0.480 e. The van der Waals surface area contributed by atoms with Gasteiger partial charge in [-0.3, -0.25) is 9.59 Å². The van der Waals surface area contributed by atoms with Gasteiger partial charge < -0.3 is 15.7 Å². The Balaban J connectivity index is 1.67. The lowest BCUT2D eigenvalue weighted by molar-refractivity contribution is -0.144. The van der Waals surface area contributed by atoms with Gasteiger partial charge >= 0.3 is 5.97 Å². The molecule has 0 heterocycles. The second kappa shape index (κ2) is 7.89. The van der Waals surface area contributed by atoms with E-state index >= 15 is 0 Å². The molecule has 2 aliphatic carbocycles. The van der Waals surface area contributed by atoms with Crippen molar-refractivity contribution in [1.29, 1.82) is 0 Å². The Morgan fingerprint density at radius 3 is 2.35 bits per heavy atom. The van der Waals surface area contributed by atoms with E-state index < -0.39 is 17.4 Å². The summed E-state index contributed by atoms with van der Waals surface area (Å²) in [6, 6.07) is 6.70. The highest BCUT2D eigenvalue weighted by molar-refractivity contribution is 6.00. The highest BCUT2D eigenvalue weighted by atomic mass is 16.4. The van der Waals surface area contributed by atoms with Crippen LogP contribution >= 0.6 is 0 Å². The Morgan fingerprint density at radius 2 is 1.69 bits per heavy atom. The summed E-state index contributed by atoms with van der Waals surface area (Å²) in [4.78, 5) is 36.5. The van der Waals surface area contributed by atoms with Crippen molar-refractivity contribution in [3.05, 3.63) is 29.8 Å². The fourth-order valence-electron chi connectivity index (χ4n) is 4.01. The molecule has 3 N–H and O–H groups in total. The van der Waals surface area contributed by atoms with Crippen LogP contribution < -0.4 is 10.6 Å². The number of carboxylic acids is 1. The SMILES string of the molecule is O=C(NC1(C(=O)O)CCCC1)c1cccc(NC(=O)C2CCCCC2)c1. The number of carbonyl (C=O) groups is 3. The molecule has 0 aromatic heterocycles. The van der Waals surface area contributed by atoms with E-state index in [4.69, 9.17) is 0 Å². The molecular formula is C20H26N2O4. The van der Waals surface area contributed by atoms with Crippen LogP contribution in [0.4, 0.5) is 5.69 Å². The summed E-state index contributed by atoms with van der Waals surface area (Å²) in [5.74, 6) is -1.36. The van der Waals surface area contributed by atoms with E-state index in [1.165, 1.54) is 6.42 Å². The predicted molar refractivity (Wildman–Crippen MR) is 97.9 cm³/mol. The molecular weight excluding hydrogens is 332 g/mol. The van der Waals surface area contributed by atoms with Crippen LogP contribution in [0.15, 0.2) is 24.3 Å². The van der Waals surface area contributed by atoms with Crippen molar-refractivity contribution in [2.45, 2.75) is 63.3 Å². The molecule has 0 radical (unpaired) electrons. The minimum atomic E-state index is -1.17. The number of benzene rings is 1. The topological polar surface area (TPSA) is 95.5 Å². The van der Waals surface area contributed by atoms with Gasteiger partial charge in [-0.2, -0.15) is 0 Å². The Morgan fingerprint density at radius 1 is 1.00 bits per heavy atom. The number of hydrogen-bond donors (Lipinski definition) is 3. The fraction of sp³-hybridized carbons (Fsp3) is 0.550. The van der Waals surface area contributed by atoms with E-state index in [0.29, 0.717) is 24.1 Å². The number of aliphatic carboxylic acids is 1. The predicted octanol–water partition coefficient (Wildman–Crippen LogP) is 3.33. The zero-order valence-electron chi connectivity index (χ0n) is 14.9. The van der Waals surface area contributed by atoms with Crippen LogP contribution in [-0.2, 0) is 9.59 Å². The minimum absolute atomic E-state index is 0.0000531. The number of nitrogens with one attached hydrogen (secondary N) is 2. The van der Waals surface area contributed by atoms with Crippen molar-refractivity contribution < 1.29 is 19.5 Å². The standard InChI is InChI=1S/C20H26N2O4/c23-17(14-7-2-1-3-8-14)21-16-10-6-9-15(13-16)18(24)22-20(19(25)26)11-4-5-12-20/h6,9-10,13-14H,1-5,7-8,11-12H2,(H,21,23)(H,22,24)(H,25,26). The van der Waals surface area contributed by atoms with Crippen LogP contribution in [0, 0.1) is 5.92 Å². The first kappa shape index (κ1) is 18.4. The number of amides is 2. The van der Waals surface area contributed by atoms with Gasteiger partial charge in [0.05, 0.1) is 0 Å². The molecule has 0 unspecified atom stereocenters. The lowest BCUT2D eigenvalue weighted by Gasteiger charge is -2.25. The summed E-state index contributed by atoms with van der Waals surface area (Å²) in [6.07, 6.45) is 7.66. The fourth-order valence-corrected chi connectivity index (χ4v) is 4.01. The van der Waals surface area contributed by atoms with Gasteiger partial charge in [0.2, 0.25) is 5.91 Å². The van der Waals surface area contributed by atoms with Crippen LogP contribution in [0.25, 0.3) is 0 Å². The van der Waals surface area contributed by atoms with E-state index in [9.17, 15) is 19.5 Å². The van der Waals surface area contributed by atoms with Crippen molar-refractivity contribution in [1.82, 2.24) is 5.32 Å².